The van der Waals surface area contributed by atoms with Crippen molar-refractivity contribution in [1.29, 1.82) is 0 Å². The van der Waals surface area contributed by atoms with Crippen LogP contribution in [0.3, 0.4) is 0 Å². The summed E-state index contributed by atoms with van der Waals surface area (Å²) in [4.78, 5) is 0. The smallest absolute Gasteiger partial charge is 0.384 e. The van der Waals surface area contributed by atoms with Crippen LogP contribution in [0.2, 0.25) is 0 Å². The third kappa shape index (κ3) is 2.88. The average molecular weight is 192 g/mol. The van der Waals surface area contributed by atoms with E-state index in [9.17, 15) is 13.2 Å². The molecule has 0 aromatic carbocycles. The summed E-state index contributed by atoms with van der Waals surface area (Å²) in [5.41, 5.74) is -0.556. The zero-order chi connectivity index (χ0) is 9.90. The van der Waals surface area contributed by atoms with Gasteiger partial charge >= 0.3 is 6.18 Å². The van der Waals surface area contributed by atoms with Crippen LogP contribution in [0.1, 0.15) is 6.42 Å². The van der Waals surface area contributed by atoms with Crippen molar-refractivity contribution in [3.05, 3.63) is 23.8 Å². The fourth-order valence-corrected chi connectivity index (χ4v) is 1.21. The lowest BCUT2D eigenvalue weighted by Crippen LogP contribution is -2.15. The number of alkyl halides is 3. The SMILES string of the molecule is COCC1C=CC(C(F)(F)F)=CC1. The van der Waals surface area contributed by atoms with Gasteiger partial charge in [-0.15, -0.1) is 0 Å². The normalized spacial score (nSPS) is 23.1. The molecular formula is C9H11F3O. The van der Waals surface area contributed by atoms with Crippen LogP contribution < -0.4 is 0 Å². The van der Waals surface area contributed by atoms with Gasteiger partial charge in [-0.2, -0.15) is 13.2 Å². The minimum Gasteiger partial charge on any atom is -0.384 e. The number of ether oxygens (including phenoxy) is 1. The quantitative estimate of drug-likeness (QED) is 0.653. The standard InChI is InChI=1S/C9H11F3O/c1-13-6-7-2-4-8(5-3-7)9(10,11)12/h2,4-5,7H,3,6H2,1H3. The predicted octanol–water partition coefficient (Wildman–Crippen LogP) is 2.70. The Bertz CT molecular complexity index is 228. The molecule has 0 bridgehead atoms. The van der Waals surface area contributed by atoms with Gasteiger partial charge in [0.1, 0.15) is 0 Å². The maximum atomic E-state index is 12.1. The van der Waals surface area contributed by atoms with Gasteiger partial charge in [0.2, 0.25) is 0 Å². The topological polar surface area (TPSA) is 9.23 Å². The molecule has 0 spiro atoms. The highest BCUT2D eigenvalue weighted by Gasteiger charge is 2.32. The molecule has 0 radical (unpaired) electrons. The van der Waals surface area contributed by atoms with Crippen molar-refractivity contribution in [3.63, 3.8) is 0 Å². The Kier molecular flexibility index (Phi) is 3.14. The molecule has 1 unspecified atom stereocenters. The second kappa shape index (κ2) is 3.96. The summed E-state index contributed by atoms with van der Waals surface area (Å²) in [5.74, 6) is 0.0797. The van der Waals surface area contributed by atoms with E-state index in [0.717, 1.165) is 6.08 Å². The summed E-state index contributed by atoms with van der Waals surface area (Å²) in [5, 5.41) is 0. The Morgan fingerprint density at radius 2 is 2.23 bits per heavy atom. The van der Waals surface area contributed by atoms with Gasteiger partial charge in [0, 0.05) is 13.0 Å². The Hall–Kier alpha value is -0.770. The van der Waals surface area contributed by atoms with E-state index in [4.69, 9.17) is 4.74 Å². The molecule has 13 heavy (non-hydrogen) atoms. The maximum absolute atomic E-state index is 12.1. The number of hydrogen-bond donors (Lipinski definition) is 0. The van der Waals surface area contributed by atoms with Crippen LogP contribution in [-0.2, 0) is 4.74 Å². The predicted molar refractivity (Wildman–Crippen MR) is 43.3 cm³/mol. The van der Waals surface area contributed by atoms with Crippen LogP contribution in [0.4, 0.5) is 13.2 Å². The molecule has 1 rings (SSSR count). The summed E-state index contributed by atoms with van der Waals surface area (Å²) in [6.45, 7) is 0.470. The number of allylic oxidation sites excluding steroid dienone is 3. The average Bonchev–Trinajstić information content (AvgIpc) is 2.04. The molecule has 0 saturated heterocycles. The summed E-state index contributed by atoms with van der Waals surface area (Å²) in [7, 11) is 1.54. The van der Waals surface area contributed by atoms with Crippen molar-refractivity contribution >= 4 is 0 Å². The lowest BCUT2D eigenvalue weighted by molar-refractivity contribution is -0.0888. The van der Waals surface area contributed by atoms with Gasteiger partial charge in [0.25, 0.3) is 0 Å². The molecule has 4 heteroatoms. The van der Waals surface area contributed by atoms with E-state index in [1.807, 2.05) is 0 Å². The first-order valence-electron chi connectivity index (χ1n) is 3.98. The van der Waals surface area contributed by atoms with Crippen molar-refractivity contribution < 1.29 is 17.9 Å². The van der Waals surface area contributed by atoms with Crippen molar-refractivity contribution in [2.24, 2.45) is 5.92 Å². The van der Waals surface area contributed by atoms with Gasteiger partial charge in [0.15, 0.2) is 0 Å². The Labute approximate surface area is 74.9 Å². The summed E-state index contributed by atoms with van der Waals surface area (Å²) < 4.78 is 41.2. The molecule has 0 saturated carbocycles. The Balaban J connectivity index is 2.55. The second-order valence-corrected chi connectivity index (χ2v) is 2.97. The number of rotatable bonds is 2. The fourth-order valence-electron chi connectivity index (χ4n) is 1.21. The second-order valence-electron chi connectivity index (χ2n) is 2.97. The Morgan fingerprint density at radius 1 is 1.54 bits per heavy atom. The first-order chi connectivity index (χ1) is 6.04. The molecular weight excluding hydrogens is 181 g/mol. The monoisotopic (exact) mass is 192 g/mol. The highest BCUT2D eigenvalue weighted by Crippen LogP contribution is 2.30. The van der Waals surface area contributed by atoms with Gasteiger partial charge in [-0.05, 0) is 6.42 Å². The Morgan fingerprint density at radius 3 is 2.62 bits per heavy atom. The number of halogens is 3. The molecule has 0 amide bonds. The maximum Gasteiger partial charge on any atom is 0.416 e. The van der Waals surface area contributed by atoms with E-state index in [-0.39, 0.29) is 5.92 Å². The van der Waals surface area contributed by atoms with Crippen LogP contribution in [0.25, 0.3) is 0 Å². The third-order valence-electron chi connectivity index (χ3n) is 1.90. The summed E-state index contributed by atoms with van der Waals surface area (Å²) >= 11 is 0. The van der Waals surface area contributed by atoms with Crippen LogP contribution in [-0.4, -0.2) is 19.9 Å². The van der Waals surface area contributed by atoms with E-state index in [1.54, 1.807) is 6.08 Å². The van der Waals surface area contributed by atoms with Crippen LogP contribution in [0.5, 0.6) is 0 Å². The van der Waals surface area contributed by atoms with Gasteiger partial charge in [0.05, 0.1) is 12.2 Å². The zero-order valence-electron chi connectivity index (χ0n) is 7.27. The van der Waals surface area contributed by atoms with Crippen molar-refractivity contribution in [2.75, 3.05) is 13.7 Å². The largest absolute Gasteiger partial charge is 0.416 e. The molecule has 1 aliphatic carbocycles. The lowest BCUT2D eigenvalue weighted by atomic mass is 9.97. The number of methoxy groups -OCH3 is 1. The van der Waals surface area contributed by atoms with E-state index in [2.05, 4.69) is 0 Å². The lowest BCUT2D eigenvalue weighted by Gasteiger charge is -2.16. The molecule has 0 aromatic heterocycles. The fraction of sp³-hybridized carbons (Fsp3) is 0.556. The zero-order valence-corrected chi connectivity index (χ0v) is 7.27. The summed E-state index contributed by atoms with van der Waals surface area (Å²) in [6, 6.07) is 0. The van der Waals surface area contributed by atoms with Crippen LogP contribution >= 0.6 is 0 Å². The first kappa shape index (κ1) is 10.3. The van der Waals surface area contributed by atoms with Crippen molar-refractivity contribution in [3.8, 4) is 0 Å². The third-order valence-corrected chi connectivity index (χ3v) is 1.90. The molecule has 0 aromatic rings. The highest BCUT2D eigenvalue weighted by molar-refractivity contribution is 5.27. The molecule has 0 aliphatic heterocycles. The van der Waals surface area contributed by atoms with E-state index in [0.29, 0.717) is 13.0 Å². The number of hydrogen-bond acceptors (Lipinski definition) is 1. The molecule has 0 fully saturated rings. The first-order valence-corrected chi connectivity index (χ1v) is 3.98. The van der Waals surface area contributed by atoms with Crippen molar-refractivity contribution in [2.45, 2.75) is 12.6 Å². The molecule has 0 N–H and O–H groups in total. The van der Waals surface area contributed by atoms with Crippen LogP contribution in [0.15, 0.2) is 23.8 Å². The minimum atomic E-state index is -4.21. The molecule has 74 valence electrons. The van der Waals surface area contributed by atoms with Crippen molar-refractivity contribution in [1.82, 2.24) is 0 Å². The van der Waals surface area contributed by atoms with Crippen LogP contribution in [0, 0.1) is 5.92 Å². The van der Waals surface area contributed by atoms with E-state index < -0.39 is 11.7 Å². The molecule has 0 heterocycles. The van der Waals surface area contributed by atoms with Gasteiger partial charge in [-0.25, -0.2) is 0 Å². The van der Waals surface area contributed by atoms with Gasteiger partial charge in [-0.3, -0.25) is 0 Å². The minimum absolute atomic E-state index is 0.0797. The van der Waals surface area contributed by atoms with Gasteiger partial charge in [-0.1, -0.05) is 18.2 Å². The summed E-state index contributed by atoms with van der Waals surface area (Å²) in [6.07, 6.45) is 0.0664. The van der Waals surface area contributed by atoms with E-state index >= 15 is 0 Å². The highest BCUT2D eigenvalue weighted by atomic mass is 19.4. The van der Waals surface area contributed by atoms with Gasteiger partial charge < -0.3 is 4.74 Å². The molecule has 1 aliphatic rings. The molecule has 1 atom stereocenters. The molecule has 1 nitrogen and oxygen atoms in total. The van der Waals surface area contributed by atoms with E-state index in [1.165, 1.54) is 13.2 Å².